The van der Waals surface area contributed by atoms with Crippen molar-refractivity contribution in [1.82, 2.24) is 0 Å². The molecule has 1 aromatic carbocycles. The number of hydrogen-bond acceptors (Lipinski definition) is 3. The summed E-state index contributed by atoms with van der Waals surface area (Å²) in [6, 6.07) is 4.54. The number of cyclic esters (lactones) is 1. The third-order valence-corrected chi connectivity index (χ3v) is 3.48. The maximum Gasteiger partial charge on any atom is 0.414 e. The van der Waals surface area contributed by atoms with Gasteiger partial charge in [0.2, 0.25) is 0 Å². The van der Waals surface area contributed by atoms with Gasteiger partial charge in [0.15, 0.2) is 0 Å². The number of carbonyl (C=O) groups excluding carboxylic acids is 2. The Hall–Kier alpha value is -1.18. The summed E-state index contributed by atoms with van der Waals surface area (Å²) in [5.74, 6) is -0.417. The molecule has 1 unspecified atom stereocenters. The van der Waals surface area contributed by atoms with E-state index in [9.17, 15) is 14.0 Å². The van der Waals surface area contributed by atoms with Crippen molar-refractivity contribution in [2.24, 2.45) is 0 Å². The summed E-state index contributed by atoms with van der Waals surface area (Å²) in [5, 5.41) is 0. The molecular formula is C12H11FINO3. The molecular weight excluding hydrogens is 352 g/mol. The fraction of sp³-hybridized carbons (Fsp3) is 0.333. The molecule has 1 saturated heterocycles. The van der Waals surface area contributed by atoms with Crippen molar-refractivity contribution in [3.8, 4) is 0 Å². The highest BCUT2D eigenvalue weighted by molar-refractivity contribution is 14.1. The first-order valence-corrected chi connectivity index (χ1v) is 6.48. The minimum atomic E-state index is -0.540. The number of Topliss-reactive ketones (excluding diaryl/α,β-unsaturated/α-hetero) is 1. The van der Waals surface area contributed by atoms with Gasteiger partial charge in [0.05, 0.1) is 12.2 Å². The van der Waals surface area contributed by atoms with Crippen LogP contribution in [0.15, 0.2) is 18.2 Å². The summed E-state index contributed by atoms with van der Waals surface area (Å²) in [4.78, 5) is 23.9. The minimum Gasteiger partial charge on any atom is -0.443 e. The Labute approximate surface area is 117 Å². The summed E-state index contributed by atoms with van der Waals surface area (Å²) >= 11 is 1.88. The van der Waals surface area contributed by atoms with E-state index in [1.807, 2.05) is 22.6 Å². The van der Waals surface area contributed by atoms with E-state index >= 15 is 0 Å². The SMILES string of the molecule is CC(=O)CC1CN(c2ccc(I)c(F)c2)C(=O)O1. The molecule has 1 atom stereocenters. The van der Waals surface area contributed by atoms with Gasteiger partial charge in [-0.15, -0.1) is 0 Å². The third-order valence-electron chi connectivity index (χ3n) is 2.60. The first-order valence-electron chi connectivity index (χ1n) is 5.40. The largest absolute Gasteiger partial charge is 0.443 e. The van der Waals surface area contributed by atoms with Crippen molar-refractivity contribution >= 4 is 40.2 Å². The number of benzene rings is 1. The molecule has 1 aliphatic rings. The number of rotatable bonds is 3. The van der Waals surface area contributed by atoms with E-state index in [4.69, 9.17) is 4.74 Å². The molecule has 4 nitrogen and oxygen atoms in total. The zero-order valence-corrected chi connectivity index (χ0v) is 11.8. The second-order valence-corrected chi connectivity index (χ2v) is 5.28. The summed E-state index contributed by atoms with van der Waals surface area (Å²) in [7, 11) is 0. The van der Waals surface area contributed by atoms with Crippen molar-refractivity contribution in [3.05, 3.63) is 27.6 Å². The predicted molar refractivity (Wildman–Crippen MR) is 72.0 cm³/mol. The molecule has 1 fully saturated rings. The molecule has 0 radical (unpaired) electrons. The van der Waals surface area contributed by atoms with Crippen LogP contribution in [-0.2, 0) is 9.53 Å². The Balaban J connectivity index is 2.16. The lowest BCUT2D eigenvalue weighted by molar-refractivity contribution is -0.118. The van der Waals surface area contributed by atoms with Gasteiger partial charge in [-0.05, 0) is 47.7 Å². The van der Waals surface area contributed by atoms with Gasteiger partial charge in [-0.1, -0.05) is 0 Å². The van der Waals surface area contributed by atoms with Crippen LogP contribution >= 0.6 is 22.6 Å². The fourth-order valence-electron chi connectivity index (χ4n) is 1.81. The van der Waals surface area contributed by atoms with Crippen LogP contribution in [-0.4, -0.2) is 24.5 Å². The third kappa shape index (κ3) is 2.80. The molecule has 18 heavy (non-hydrogen) atoms. The lowest BCUT2D eigenvalue weighted by Gasteiger charge is -2.13. The van der Waals surface area contributed by atoms with E-state index in [0.29, 0.717) is 9.26 Å². The molecule has 2 rings (SSSR count). The van der Waals surface area contributed by atoms with Crippen LogP contribution < -0.4 is 4.90 Å². The maximum atomic E-state index is 13.4. The summed E-state index contributed by atoms with van der Waals surface area (Å²) < 4.78 is 19.0. The monoisotopic (exact) mass is 363 g/mol. The lowest BCUT2D eigenvalue weighted by atomic mass is 10.2. The molecule has 0 bridgehead atoms. The molecule has 1 amide bonds. The van der Waals surface area contributed by atoms with E-state index in [1.54, 1.807) is 12.1 Å². The molecule has 1 heterocycles. The molecule has 1 aliphatic heterocycles. The van der Waals surface area contributed by atoms with Gasteiger partial charge in [-0.25, -0.2) is 9.18 Å². The second kappa shape index (κ2) is 5.21. The van der Waals surface area contributed by atoms with Crippen LogP contribution in [0.1, 0.15) is 13.3 Å². The Kier molecular flexibility index (Phi) is 3.84. The topological polar surface area (TPSA) is 46.6 Å². The molecule has 0 saturated carbocycles. The maximum absolute atomic E-state index is 13.4. The molecule has 6 heteroatoms. The molecule has 0 N–H and O–H groups in total. The van der Waals surface area contributed by atoms with Crippen LogP contribution in [0.25, 0.3) is 0 Å². The van der Waals surface area contributed by atoms with Crippen molar-refractivity contribution in [3.63, 3.8) is 0 Å². The summed E-state index contributed by atoms with van der Waals surface area (Å²) in [6.45, 7) is 1.72. The van der Waals surface area contributed by atoms with Crippen molar-refractivity contribution in [1.29, 1.82) is 0 Å². The average molecular weight is 363 g/mol. The highest BCUT2D eigenvalue weighted by Crippen LogP contribution is 2.25. The Morgan fingerprint density at radius 1 is 1.61 bits per heavy atom. The van der Waals surface area contributed by atoms with Gasteiger partial charge >= 0.3 is 6.09 Å². The molecule has 96 valence electrons. The fourth-order valence-corrected chi connectivity index (χ4v) is 2.15. The zero-order chi connectivity index (χ0) is 13.3. The van der Waals surface area contributed by atoms with Crippen LogP contribution in [0.4, 0.5) is 14.9 Å². The Bertz CT molecular complexity index is 506. The van der Waals surface area contributed by atoms with Gasteiger partial charge in [0.1, 0.15) is 17.7 Å². The van der Waals surface area contributed by atoms with Gasteiger partial charge < -0.3 is 4.74 Å². The lowest BCUT2D eigenvalue weighted by Crippen LogP contribution is -2.25. The van der Waals surface area contributed by atoms with E-state index in [2.05, 4.69) is 0 Å². The Morgan fingerprint density at radius 3 is 2.94 bits per heavy atom. The van der Waals surface area contributed by atoms with Crippen molar-refractivity contribution in [2.45, 2.75) is 19.4 Å². The molecule has 0 spiro atoms. The van der Waals surface area contributed by atoms with Gasteiger partial charge in [0.25, 0.3) is 0 Å². The highest BCUT2D eigenvalue weighted by atomic mass is 127. The first-order chi connectivity index (χ1) is 8.47. The predicted octanol–water partition coefficient (Wildman–Crippen LogP) is 2.73. The quantitative estimate of drug-likeness (QED) is 0.776. The number of carbonyl (C=O) groups is 2. The second-order valence-electron chi connectivity index (χ2n) is 4.12. The van der Waals surface area contributed by atoms with Gasteiger partial charge in [0, 0.05) is 9.99 Å². The number of ether oxygens (including phenoxy) is 1. The molecule has 1 aromatic rings. The summed E-state index contributed by atoms with van der Waals surface area (Å²) in [5.41, 5.74) is 0.448. The van der Waals surface area contributed by atoms with Crippen molar-refractivity contribution in [2.75, 3.05) is 11.4 Å². The highest BCUT2D eigenvalue weighted by Gasteiger charge is 2.33. The number of amides is 1. The molecule has 0 aromatic heterocycles. The zero-order valence-electron chi connectivity index (χ0n) is 9.65. The number of anilines is 1. The van der Waals surface area contributed by atoms with Crippen LogP contribution in [0.2, 0.25) is 0 Å². The van der Waals surface area contributed by atoms with Gasteiger partial charge in [-0.2, -0.15) is 0 Å². The van der Waals surface area contributed by atoms with Crippen LogP contribution in [0, 0.1) is 9.39 Å². The number of halogens is 2. The normalized spacial score (nSPS) is 18.9. The smallest absolute Gasteiger partial charge is 0.414 e. The van der Waals surface area contributed by atoms with Crippen molar-refractivity contribution < 1.29 is 18.7 Å². The number of hydrogen-bond donors (Lipinski definition) is 0. The Morgan fingerprint density at radius 2 is 2.33 bits per heavy atom. The molecule has 0 aliphatic carbocycles. The standard InChI is InChI=1S/C12H11FINO3/c1-7(16)4-9-6-15(12(17)18-9)8-2-3-11(14)10(13)5-8/h2-3,5,9H,4,6H2,1H3. The summed E-state index contributed by atoms with van der Waals surface area (Å²) in [6.07, 6.45) is -0.797. The number of ketones is 1. The van der Waals surface area contributed by atoms with E-state index in [0.717, 1.165) is 0 Å². The van der Waals surface area contributed by atoms with Gasteiger partial charge in [-0.3, -0.25) is 9.69 Å². The minimum absolute atomic E-state index is 0.0385. The van der Waals surface area contributed by atoms with E-state index in [1.165, 1.54) is 17.9 Å². The van der Waals surface area contributed by atoms with E-state index in [-0.39, 0.29) is 24.6 Å². The average Bonchev–Trinajstić information content (AvgIpc) is 2.62. The van der Waals surface area contributed by atoms with Crippen LogP contribution in [0.5, 0.6) is 0 Å². The first kappa shape index (κ1) is 13.3. The van der Waals surface area contributed by atoms with Crippen LogP contribution in [0.3, 0.4) is 0 Å². The number of nitrogens with zero attached hydrogens (tertiary/aromatic N) is 1. The van der Waals surface area contributed by atoms with E-state index < -0.39 is 12.2 Å².